The van der Waals surface area contributed by atoms with Crippen molar-refractivity contribution in [3.05, 3.63) is 47.0 Å². The normalized spacial score (nSPS) is 13.6. The summed E-state index contributed by atoms with van der Waals surface area (Å²) in [4.78, 5) is 18.8. The highest BCUT2D eigenvalue weighted by Gasteiger charge is 2.25. The van der Waals surface area contributed by atoms with Crippen LogP contribution in [0.2, 0.25) is 0 Å². The lowest BCUT2D eigenvalue weighted by Gasteiger charge is -2.22. The van der Waals surface area contributed by atoms with Gasteiger partial charge < -0.3 is 15.0 Å². The van der Waals surface area contributed by atoms with E-state index in [-0.39, 0.29) is 5.91 Å². The number of nitrogens with one attached hydrogen (secondary N) is 2. The van der Waals surface area contributed by atoms with Gasteiger partial charge in [0.2, 0.25) is 0 Å². The second-order valence-electron chi connectivity index (χ2n) is 5.54. The predicted octanol–water partition coefficient (Wildman–Crippen LogP) is 0.739. The number of amides is 1. The second kappa shape index (κ2) is 7.34. The molecule has 3 rings (SSSR count). The van der Waals surface area contributed by atoms with Crippen molar-refractivity contribution >= 4 is 5.91 Å². The molecule has 0 atom stereocenters. The highest BCUT2D eigenvalue weighted by molar-refractivity contribution is 5.94. The fraction of sp³-hybridized carbons (Fsp3) is 0.438. The van der Waals surface area contributed by atoms with E-state index in [1.54, 1.807) is 24.4 Å². The van der Waals surface area contributed by atoms with Gasteiger partial charge in [0, 0.05) is 63.4 Å². The van der Waals surface area contributed by atoms with Gasteiger partial charge >= 0.3 is 0 Å². The van der Waals surface area contributed by atoms with Crippen LogP contribution in [0.4, 0.5) is 0 Å². The van der Waals surface area contributed by atoms with Crippen molar-refractivity contribution in [3.63, 3.8) is 0 Å². The zero-order chi connectivity index (χ0) is 16.1. The summed E-state index contributed by atoms with van der Waals surface area (Å²) in [7, 11) is 1.63. The van der Waals surface area contributed by atoms with Crippen LogP contribution >= 0.6 is 0 Å². The van der Waals surface area contributed by atoms with Crippen LogP contribution in [0.3, 0.4) is 0 Å². The highest BCUT2D eigenvalue weighted by atomic mass is 16.5. The first kappa shape index (κ1) is 15.6. The van der Waals surface area contributed by atoms with Crippen molar-refractivity contribution in [2.75, 3.05) is 26.8 Å². The molecule has 2 aromatic heterocycles. The average molecular weight is 315 g/mol. The summed E-state index contributed by atoms with van der Waals surface area (Å²) in [5.74, 6) is -0.0768. The predicted molar refractivity (Wildman–Crippen MR) is 84.9 cm³/mol. The van der Waals surface area contributed by atoms with Crippen molar-refractivity contribution in [1.29, 1.82) is 0 Å². The molecular weight excluding hydrogens is 294 g/mol. The zero-order valence-electron chi connectivity index (χ0n) is 13.2. The quantitative estimate of drug-likeness (QED) is 0.821. The minimum Gasteiger partial charge on any atom is -0.383 e. The van der Waals surface area contributed by atoms with Crippen molar-refractivity contribution in [1.82, 2.24) is 25.4 Å². The Bertz CT molecular complexity index is 656. The van der Waals surface area contributed by atoms with Gasteiger partial charge in [-0.1, -0.05) is 6.07 Å². The Morgan fingerprint density at radius 2 is 2.39 bits per heavy atom. The fourth-order valence-electron chi connectivity index (χ4n) is 2.72. The number of carbonyl (C=O) groups excluding carboxylic acids is 1. The first-order chi connectivity index (χ1) is 11.3. The Balaban J connectivity index is 1.81. The van der Waals surface area contributed by atoms with E-state index in [9.17, 15) is 4.79 Å². The third-order valence-corrected chi connectivity index (χ3v) is 3.96. The average Bonchev–Trinajstić information content (AvgIpc) is 3.03. The van der Waals surface area contributed by atoms with Crippen molar-refractivity contribution < 1.29 is 9.53 Å². The largest absolute Gasteiger partial charge is 0.383 e. The summed E-state index contributed by atoms with van der Waals surface area (Å²) in [5.41, 5.74) is 3.53. The number of carbonyl (C=O) groups is 1. The number of hydrogen-bond donors (Lipinski definition) is 2. The molecule has 23 heavy (non-hydrogen) atoms. The lowest BCUT2D eigenvalue weighted by atomic mass is 10.1. The molecule has 0 fully saturated rings. The third-order valence-electron chi connectivity index (χ3n) is 3.96. The Labute approximate surface area is 135 Å². The van der Waals surface area contributed by atoms with Gasteiger partial charge in [0.15, 0.2) is 5.69 Å². The van der Waals surface area contributed by atoms with Gasteiger partial charge in [-0.15, -0.1) is 0 Å². The van der Waals surface area contributed by atoms with E-state index in [0.29, 0.717) is 31.9 Å². The summed E-state index contributed by atoms with van der Waals surface area (Å²) >= 11 is 0. The van der Waals surface area contributed by atoms with Crippen LogP contribution in [0.25, 0.3) is 0 Å². The van der Waals surface area contributed by atoms with Crippen LogP contribution in [0, 0.1) is 0 Å². The number of H-pyrrole nitrogens is 1. The summed E-state index contributed by atoms with van der Waals surface area (Å²) in [6.07, 6.45) is 4.37. The molecule has 0 saturated carbocycles. The van der Waals surface area contributed by atoms with Crippen LogP contribution in [0.5, 0.6) is 0 Å². The van der Waals surface area contributed by atoms with Crippen molar-refractivity contribution in [2.45, 2.75) is 19.5 Å². The molecule has 1 aliphatic rings. The molecule has 7 nitrogen and oxygen atoms in total. The minimum absolute atomic E-state index is 0.0768. The summed E-state index contributed by atoms with van der Waals surface area (Å²) in [6, 6.07) is 3.83. The van der Waals surface area contributed by atoms with Gasteiger partial charge in [-0.25, -0.2) is 0 Å². The standard InChI is InChI=1S/C16H21N5O2/c1-23-8-7-21(11-12-3-2-5-17-9-12)16(22)15-13-10-18-6-4-14(13)19-20-15/h2-3,5,9,18H,4,6-8,10-11H2,1H3,(H,19,20). The number of fused-ring (bicyclic) bond motifs is 1. The third kappa shape index (κ3) is 3.57. The number of aromatic nitrogens is 3. The van der Waals surface area contributed by atoms with E-state index in [0.717, 1.165) is 29.8 Å². The molecule has 0 radical (unpaired) electrons. The van der Waals surface area contributed by atoms with Gasteiger partial charge in [0.05, 0.1) is 6.61 Å². The molecule has 0 spiro atoms. The maximum Gasteiger partial charge on any atom is 0.275 e. The van der Waals surface area contributed by atoms with Gasteiger partial charge in [-0.2, -0.15) is 5.10 Å². The van der Waals surface area contributed by atoms with Crippen LogP contribution in [-0.4, -0.2) is 52.8 Å². The van der Waals surface area contributed by atoms with Gasteiger partial charge in [0.25, 0.3) is 5.91 Å². The Morgan fingerprint density at radius 3 is 3.17 bits per heavy atom. The summed E-state index contributed by atoms with van der Waals surface area (Å²) < 4.78 is 5.14. The van der Waals surface area contributed by atoms with E-state index < -0.39 is 0 Å². The molecule has 1 aliphatic heterocycles. The molecule has 0 saturated heterocycles. The molecule has 2 aromatic rings. The first-order valence-electron chi connectivity index (χ1n) is 7.73. The number of pyridine rings is 1. The lowest BCUT2D eigenvalue weighted by Crippen LogP contribution is -2.35. The van der Waals surface area contributed by atoms with Gasteiger partial charge in [0.1, 0.15) is 0 Å². The maximum atomic E-state index is 12.9. The fourth-order valence-corrected chi connectivity index (χ4v) is 2.72. The Kier molecular flexibility index (Phi) is 4.99. The monoisotopic (exact) mass is 315 g/mol. The summed E-state index contributed by atoms with van der Waals surface area (Å²) in [6.45, 7) is 3.07. The van der Waals surface area contributed by atoms with Crippen LogP contribution in [0.15, 0.2) is 24.5 Å². The second-order valence-corrected chi connectivity index (χ2v) is 5.54. The zero-order valence-corrected chi connectivity index (χ0v) is 13.2. The lowest BCUT2D eigenvalue weighted by molar-refractivity contribution is 0.0673. The molecule has 0 aliphatic carbocycles. The van der Waals surface area contributed by atoms with E-state index in [1.807, 2.05) is 12.1 Å². The summed E-state index contributed by atoms with van der Waals surface area (Å²) in [5, 5.41) is 10.5. The molecule has 0 unspecified atom stereocenters. The number of nitrogens with zero attached hydrogens (tertiary/aromatic N) is 3. The number of rotatable bonds is 6. The number of aromatic amines is 1. The minimum atomic E-state index is -0.0768. The molecule has 0 bridgehead atoms. The number of ether oxygens (including phenoxy) is 1. The molecule has 122 valence electrons. The van der Waals surface area contributed by atoms with Gasteiger partial charge in [-0.05, 0) is 11.6 Å². The van der Waals surface area contributed by atoms with Gasteiger partial charge in [-0.3, -0.25) is 14.9 Å². The van der Waals surface area contributed by atoms with Crippen LogP contribution in [-0.2, 0) is 24.2 Å². The SMILES string of the molecule is COCCN(Cc1cccnc1)C(=O)c1n[nH]c2c1CNCC2. The number of hydrogen-bond acceptors (Lipinski definition) is 5. The maximum absolute atomic E-state index is 12.9. The topological polar surface area (TPSA) is 83.1 Å². The van der Waals surface area contributed by atoms with E-state index >= 15 is 0 Å². The number of methoxy groups -OCH3 is 1. The molecule has 2 N–H and O–H groups in total. The van der Waals surface area contributed by atoms with Crippen molar-refractivity contribution in [3.8, 4) is 0 Å². The van der Waals surface area contributed by atoms with Crippen LogP contribution < -0.4 is 5.32 Å². The molecule has 3 heterocycles. The molecule has 1 amide bonds. The first-order valence-corrected chi connectivity index (χ1v) is 7.73. The van der Waals surface area contributed by atoms with E-state index in [2.05, 4.69) is 20.5 Å². The smallest absolute Gasteiger partial charge is 0.275 e. The van der Waals surface area contributed by atoms with E-state index in [4.69, 9.17) is 4.74 Å². The van der Waals surface area contributed by atoms with Crippen LogP contribution in [0.1, 0.15) is 27.3 Å². The molecule has 0 aromatic carbocycles. The van der Waals surface area contributed by atoms with E-state index in [1.165, 1.54) is 0 Å². The molecule has 7 heteroatoms. The Hall–Kier alpha value is -2.25. The molecular formula is C16H21N5O2. The highest BCUT2D eigenvalue weighted by Crippen LogP contribution is 2.18. The Morgan fingerprint density at radius 1 is 1.48 bits per heavy atom. The van der Waals surface area contributed by atoms with Crippen molar-refractivity contribution in [2.24, 2.45) is 0 Å².